The van der Waals surface area contributed by atoms with E-state index in [-0.39, 0.29) is 17.3 Å². The van der Waals surface area contributed by atoms with E-state index in [0.29, 0.717) is 19.5 Å². The molecular formula is C21H18FN3O4S. The van der Waals surface area contributed by atoms with Crippen LogP contribution in [0.3, 0.4) is 0 Å². The molecule has 1 aromatic heterocycles. The molecule has 0 spiro atoms. The van der Waals surface area contributed by atoms with Crippen LogP contribution >= 0.6 is 0 Å². The smallest absolute Gasteiger partial charge is 0.267 e. The second kappa shape index (κ2) is 7.83. The Morgan fingerprint density at radius 2 is 1.80 bits per heavy atom. The van der Waals surface area contributed by atoms with Crippen molar-refractivity contribution in [1.82, 2.24) is 14.7 Å². The molecule has 0 saturated carbocycles. The maximum Gasteiger partial charge on any atom is 0.267 e. The van der Waals surface area contributed by atoms with Gasteiger partial charge in [-0.05, 0) is 41.8 Å². The summed E-state index contributed by atoms with van der Waals surface area (Å²) in [4.78, 5) is 26.2. The quantitative estimate of drug-likeness (QED) is 0.634. The highest BCUT2D eigenvalue weighted by Crippen LogP contribution is 2.20. The summed E-state index contributed by atoms with van der Waals surface area (Å²) in [5, 5.41) is 3.45. The van der Waals surface area contributed by atoms with Crippen LogP contribution in [0.2, 0.25) is 0 Å². The fourth-order valence-corrected chi connectivity index (χ4v) is 4.60. The standard InChI is InChI=1S/C21H18FN3O4S/c22-17-6-3-7-18(12-17)30(28,29)19-8-9-20(26)25(23-19)14-21(27)24-11-10-15-4-1-2-5-16(15)13-24/h1-9,12H,10-11,13-14H2. The number of sulfone groups is 1. The minimum absolute atomic E-state index is 0.279. The third-order valence-electron chi connectivity index (χ3n) is 4.99. The number of hydrogen-bond donors (Lipinski definition) is 0. The zero-order valence-electron chi connectivity index (χ0n) is 15.9. The first kappa shape index (κ1) is 20.0. The van der Waals surface area contributed by atoms with Gasteiger partial charge < -0.3 is 4.90 Å². The Morgan fingerprint density at radius 1 is 1.03 bits per heavy atom. The molecule has 1 aliphatic heterocycles. The average molecular weight is 427 g/mol. The lowest BCUT2D eigenvalue weighted by atomic mass is 10.00. The fourth-order valence-electron chi connectivity index (χ4n) is 3.38. The summed E-state index contributed by atoms with van der Waals surface area (Å²) in [6.07, 6.45) is 0.707. The average Bonchev–Trinajstić information content (AvgIpc) is 2.74. The highest BCUT2D eigenvalue weighted by molar-refractivity contribution is 7.91. The molecule has 0 bridgehead atoms. The van der Waals surface area contributed by atoms with Crippen molar-refractivity contribution in [3.63, 3.8) is 0 Å². The second-order valence-electron chi connectivity index (χ2n) is 6.96. The number of aromatic nitrogens is 2. The molecule has 30 heavy (non-hydrogen) atoms. The molecule has 7 nitrogen and oxygen atoms in total. The Kier molecular flexibility index (Phi) is 5.21. The lowest BCUT2D eigenvalue weighted by Gasteiger charge is -2.28. The van der Waals surface area contributed by atoms with Crippen LogP contribution in [0.4, 0.5) is 4.39 Å². The molecule has 2 aromatic carbocycles. The van der Waals surface area contributed by atoms with Gasteiger partial charge in [0.05, 0.1) is 4.90 Å². The van der Waals surface area contributed by atoms with E-state index >= 15 is 0 Å². The molecule has 0 radical (unpaired) electrons. The normalized spacial score (nSPS) is 13.7. The first-order valence-corrected chi connectivity index (χ1v) is 10.8. The molecule has 1 amide bonds. The summed E-state index contributed by atoms with van der Waals surface area (Å²) in [5.41, 5.74) is 1.62. The van der Waals surface area contributed by atoms with E-state index in [0.717, 1.165) is 34.5 Å². The Balaban J connectivity index is 1.58. The SMILES string of the molecule is O=C(Cn1nc(S(=O)(=O)c2cccc(F)c2)ccc1=O)N1CCc2ccccc2C1. The number of benzene rings is 2. The number of rotatable bonds is 4. The van der Waals surface area contributed by atoms with Gasteiger partial charge in [0.25, 0.3) is 5.56 Å². The summed E-state index contributed by atoms with van der Waals surface area (Å²) in [7, 11) is -4.14. The largest absolute Gasteiger partial charge is 0.336 e. The molecule has 0 aliphatic carbocycles. The maximum absolute atomic E-state index is 13.4. The van der Waals surface area contributed by atoms with Gasteiger partial charge in [-0.2, -0.15) is 5.10 Å². The first-order valence-electron chi connectivity index (χ1n) is 9.28. The summed E-state index contributed by atoms with van der Waals surface area (Å²) in [6, 6.07) is 14.4. The van der Waals surface area contributed by atoms with E-state index < -0.39 is 26.2 Å². The van der Waals surface area contributed by atoms with Gasteiger partial charge in [0.15, 0.2) is 5.03 Å². The molecule has 0 saturated heterocycles. The topological polar surface area (TPSA) is 89.3 Å². The minimum atomic E-state index is -4.14. The van der Waals surface area contributed by atoms with Crippen LogP contribution in [-0.2, 0) is 34.1 Å². The highest BCUT2D eigenvalue weighted by Gasteiger charge is 2.24. The van der Waals surface area contributed by atoms with Gasteiger partial charge >= 0.3 is 0 Å². The number of carbonyl (C=O) groups excluding carboxylic acids is 1. The summed E-state index contributed by atoms with van der Waals surface area (Å²) in [6.45, 7) is 0.546. The Morgan fingerprint density at radius 3 is 2.57 bits per heavy atom. The van der Waals surface area contributed by atoms with Gasteiger partial charge in [-0.1, -0.05) is 30.3 Å². The van der Waals surface area contributed by atoms with Crippen molar-refractivity contribution < 1.29 is 17.6 Å². The Hall–Kier alpha value is -3.33. The Bertz CT molecular complexity index is 1290. The number of halogens is 1. The number of fused-ring (bicyclic) bond motifs is 1. The van der Waals surface area contributed by atoms with E-state index in [1.54, 1.807) is 4.90 Å². The molecule has 4 rings (SSSR count). The van der Waals surface area contributed by atoms with Crippen molar-refractivity contribution in [2.24, 2.45) is 0 Å². The van der Waals surface area contributed by atoms with E-state index in [1.807, 2.05) is 24.3 Å². The number of nitrogens with zero attached hydrogens (tertiary/aromatic N) is 3. The minimum Gasteiger partial charge on any atom is -0.336 e. The van der Waals surface area contributed by atoms with Gasteiger partial charge in [0, 0.05) is 19.2 Å². The van der Waals surface area contributed by atoms with Crippen molar-refractivity contribution in [3.8, 4) is 0 Å². The maximum atomic E-state index is 13.4. The second-order valence-corrected chi connectivity index (χ2v) is 8.86. The van der Waals surface area contributed by atoms with Gasteiger partial charge in [-0.15, -0.1) is 0 Å². The van der Waals surface area contributed by atoms with Crippen LogP contribution in [0.5, 0.6) is 0 Å². The molecule has 3 aromatic rings. The zero-order chi connectivity index (χ0) is 21.3. The third-order valence-corrected chi connectivity index (χ3v) is 6.64. The van der Waals surface area contributed by atoms with Gasteiger partial charge in [0.2, 0.25) is 15.7 Å². The van der Waals surface area contributed by atoms with Crippen molar-refractivity contribution >= 4 is 15.7 Å². The number of carbonyl (C=O) groups is 1. The fraction of sp³-hybridized carbons (Fsp3) is 0.190. The lowest BCUT2D eigenvalue weighted by molar-refractivity contribution is -0.133. The van der Waals surface area contributed by atoms with Crippen LogP contribution < -0.4 is 5.56 Å². The molecule has 0 atom stereocenters. The predicted molar refractivity (Wildman–Crippen MR) is 106 cm³/mol. The van der Waals surface area contributed by atoms with E-state index in [2.05, 4.69) is 5.10 Å². The van der Waals surface area contributed by atoms with Crippen LogP contribution in [0.25, 0.3) is 0 Å². The van der Waals surface area contributed by atoms with E-state index in [9.17, 15) is 22.4 Å². The number of amides is 1. The number of hydrogen-bond acceptors (Lipinski definition) is 5. The van der Waals surface area contributed by atoms with Crippen molar-refractivity contribution in [2.45, 2.75) is 29.4 Å². The highest BCUT2D eigenvalue weighted by atomic mass is 32.2. The van der Waals surface area contributed by atoms with Crippen molar-refractivity contribution in [3.05, 3.63) is 88.0 Å². The lowest BCUT2D eigenvalue weighted by Crippen LogP contribution is -2.40. The van der Waals surface area contributed by atoms with Crippen molar-refractivity contribution in [1.29, 1.82) is 0 Å². The van der Waals surface area contributed by atoms with Crippen LogP contribution in [0, 0.1) is 5.82 Å². The van der Waals surface area contributed by atoms with Crippen molar-refractivity contribution in [2.75, 3.05) is 6.54 Å². The monoisotopic (exact) mass is 427 g/mol. The van der Waals surface area contributed by atoms with Crippen LogP contribution in [0.1, 0.15) is 11.1 Å². The molecule has 0 N–H and O–H groups in total. The molecular weight excluding hydrogens is 409 g/mol. The third kappa shape index (κ3) is 3.88. The first-order chi connectivity index (χ1) is 14.3. The van der Waals surface area contributed by atoms with Crippen LogP contribution in [-0.4, -0.2) is 35.6 Å². The predicted octanol–water partition coefficient (Wildman–Crippen LogP) is 1.80. The Labute approximate surface area is 172 Å². The summed E-state index contributed by atoms with van der Waals surface area (Å²) < 4.78 is 39.7. The molecule has 9 heteroatoms. The molecule has 1 aliphatic rings. The van der Waals surface area contributed by atoms with Gasteiger partial charge in [0.1, 0.15) is 12.4 Å². The molecule has 0 fully saturated rings. The molecule has 0 unspecified atom stereocenters. The van der Waals surface area contributed by atoms with Gasteiger partial charge in [-0.25, -0.2) is 17.5 Å². The van der Waals surface area contributed by atoms with E-state index in [1.165, 1.54) is 17.7 Å². The summed E-state index contributed by atoms with van der Waals surface area (Å²) >= 11 is 0. The molecule has 2 heterocycles. The molecule has 154 valence electrons. The van der Waals surface area contributed by atoms with Gasteiger partial charge in [-0.3, -0.25) is 9.59 Å². The zero-order valence-corrected chi connectivity index (χ0v) is 16.7. The summed E-state index contributed by atoms with van der Waals surface area (Å²) in [5.74, 6) is -1.04. The van der Waals surface area contributed by atoms with E-state index in [4.69, 9.17) is 0 Å². The van der Waals surface area contributed by atoms with Crippen LogP contribution in [0.15, 0.2) is 75.4 Å².